The molecule has 0 aromatic rings. The number of nitrogens with zero attached hydrogens (tertiary/aromatic N) is 1. The minimum absolute atomic E-state index is 0.190. The SMILES string of the molecule is CC(CO)CCCNCCCC(=O)N(C)C. The number of hydrogen-bond acceptors (Lipinski definition) is 3. The Hall–Kier alpha value is -0.610. The molecule has 96 valence electrons. The molecule has 0 aliphatic heterocycles. The van der Waals surface area contributed by atoms with Crippen molar-refractivity contribution in [1.82, 2.24) is 10.2 Å². The number of carbonyl (C=O) groups excluding carboxylic acids is 1. The van der Waals surface area contributed by atoms with Crippen LogP contribution in [-0.2, 0) is 4.79 Å². The van der Waals surface area contributed by atoms with Crippen molar-refractivity contribution in [3.05, 3.63) is 0 Å². The normalized spacial score (nSPS) is 12.5. The summed E-state index contributed by atoms with van der Waals surface area (Å²) in [5, 5.41) is 12.1. The number of hydrogen-bond donors (Lipinski definition) is 2. The third kappa shape index (κ3) is 8.68. The molecule has 1 amide bonds. The Morgan fingerprint density at radius 3 is 2.50 bits per heavy atom. The molecule has 0 rings (SSSR count). The van der Waals surface area contributed by atoms with E-state index in [-0.39, 0.29) is 12.5 Å². The Labute approximate surface area is 99.0 Å². The fourth-order valence-corrected chi connectivity index (χ4v) is 1.38. The lowest BCUT2D eigenvalue weighted by Crippen LogP contribution is -2.24. The lowest BCUT2D eigenvalue weighted by Gasteiger charge is -2.10. The molecule has 0 saturated carbocycles. The van der Waals surface area contributed by atoms with Crippen LogP contribution >= 0.6 is 0 Å². The van der Waals surface area contributed by atoms with Gasteiger partial charge in [0.15, 0.2) is 0 Å². The van der Waals surface area contributed by atoms with Crippen LogP contribution in [-0.4, -0.2) is 49.7 Å². The van der Waals surface area contributed by atoms with Crippen LogP contribution in [0.4, 0.5) is 0 Å². The maximum Gasteiger partial charge on any atom is 0.222 e. The first kappa shape index (κ1) is 15.4. The average Bonchev–Trinajstić information content (AvgIpc) is 2.26. The van der Waals surface area contributed by atoms with Crippen molar-refractivity contribution in [3.63, 3.8) is 0 Å². The minimum atomic E-state index is 0.190. The molecule has 0 aromatic carbocycles. The van der Waals surface area contributed by atoms with Crippen LogP contribution in [0.25, 0.3) is 0 Å². The second-order valence-electron chi connectivity index (χ2n) is 4.57. The molecule has 2 N–H and O–H groups in total. The van der Waals surface area contributed by atoms with E-state index in [1.165, 1.54) is 0 Å². The van der Waals surface area contributed by atoms with Crippen molar-refractivity contribution in [1.29, 1.82) is 0 Å². The highest BCUT2D eigenvalue weighted by atomic mass is 16.3. The molecule has 16 heavy (non-hydrogen) atoms. The van der Waals surface area contributed by atoms with Gasteiger partial charge < -0.3 is 15.3 Å². The molecular weight excluding hydrogens is 204 g/mol. The van der Waals surface area contributed by atoms with Crippen LogP contribution in [0.1, 0.15) is 32.6 Å². The molecule has 0 aliphatic rings. The van der Waals surface area contributed by atoms with Gasteiger partial charge in [-0.3, -0.25) is 4.79 Å². The van der Waals surface area contributed by atoms with Crippen LogP contribution in [0.5, 0.6) is 0 Å². The summed E-state index contributed by atoms with van der Waals surface area (Å²) in [5.41, 5.74) is 0. The van der Waals surface area contributed by atoms with Gasteiger partial charge in [0.1, 0.15) is 0 Å². The smallest absolute Gasteiger partial charge is 0.222 e. The Balaban J connectivity index is 3.19. The highest BCUT2D eigenvalue weighted by Gasteiger charge is 2.02. The third-order valence-corrected chi connectivity index (χ3v) is 2.61. The van der Waals surface area contributed by atoms with Crippen LogP contribution in [0.2, 0.25) is 0 Å². The quantitative estimate of drug-likeness (QED) is 0.577. The van der Waals surface area contributed by atoms with Gasteiger partial charge in [-0.1, -0.05) is 6.92 Å². The van der Waals surface area contributed by atoms with Gasteiger partial charge in [-0.15, -0.1) is 0 Å². The molecule has 4 heteroatoms. The standard InChI is InChI=1S/C12H26N2O2/c1-11(10-15)6-4-8-13-9-5-7-12(16)14(2)3/h11,13,15H,4-10H2,1-3H3. The molecule has 0 aromatic heterocycles. The van der Waals surface area contributed by atoms with Gasteiger partial charge in [0.25, 0.3) is 0 Å². The van der Waals surface area contributed by atoms with E-state index in [9.17, 15) is 4.79 Å². The van der Waals surface area contributed by atoms with Gasteiger partial charge in [-0.05, 0) is 38.3 Å². The van der Waals surface area contributed by atoms with E-state index in [0.717, 1.165) is 32.4 Å². The second kappa shape index (κ2) is 9.60. The molecule has 0 aliphatic carbocycles. The summed E-state index contributed by atoms with van der Waals surface area (Å²) in [6.45, 7) is 4.20. The van der Waals surface area contributed by atoms with Gasteiger partial charge in [0.2, 0.25) is 5.91 Å². The van der Waals surface area contributed by atoms with Crippen molar-refractivity contribution < 1.29 is 9.90 Å². The number of rotatable bonds is 9. The molecule has 0 saturated heterocycles. The zero-order valence-electron chi connectivity index (χ0n) is 10.8. The van der Waals surface area contributed by atoms with Gasteiger partial charge in [0, 0.05) is 27.1 Å². The molecule has 0 spiro atoms. The van der Waals surface area contributed by atoms with E-state index in [4.69, 9.17) is 5.11 Å². The lowest BCUT2D eigenvalue weighted by molar-refractivity contribution is -0.128. The molecule has 1 atom stereocenters. The summed E-state index contributed by atoms with van der Waals surface area (Å²) in [7, 11) is 3.57. The fraction of sp³-hybridized carbons (Fsp3) is 0.917. The van der Waals surface area contributed by atoms with Gasteiger partial charge in [-0.25, -0.2) is 0 Å². The van der Waals surface area contributed by atoms with Gasteiger partial charge in [-0.2, -0.15) is 0 Å². The molecule has 0 heterocycles. The van der Waals surface area contributed by atoms with E-state index in [0.29, 0.717) is 12.3 Å². The Bertz CT molecular complexity index is 184. The number of aliphatic hydroxyl groups is 1. The van der Waals surface area contributed by atoms with Crippen LogP contribution in [0, 0.1) is 5.92 Å². The predicted molar refractivity (Wildman–Crippen MR) is 66.3 cm³/mol. The highest BCUT2D eigenvalue weighted by molar-refractivity contribution is 5.75. The van der Waals surface area contributed by atoms with Crippen molar-refractivity contribution >= 4 is 5.91 Å². The first-order chi connectivity index (χ1) is 7.57. The Morgan fingerprint density at radius 1 is 1.31 bits per heavy atom. The van der Waals surface area contributed by atoms with E-state index in [2.05, 4.69) is 12.2 Å². The molecule has 0 radical (unpaired) electrons. The number of nitrogens with one attached hydrogen (secondary N) is 1. The maximum atomic E-state index is 11.2. The average molecular weight is 230 g/mol. The third-order valence-electron chi connectivity index (χ3n) is 2.61. The summed E-state index contributed by atoms with van der Waals surface area (Å²) in [6, 6.07) is 0. The van der Waals surface area contributed by atoms with Crippen molar-refractivity contribution in [2.75, 3.05) is 33.8 Å². The van der Waals surface area contributed by atoms with Crippen molar-refractivity contribution in [3.8, 4) is 0 Å². The zero-order valence-corrected chi connectivity index (χ0v) is 10.8. The number of carbonyl (C=O) groups is 1. The Kier molecular flexibility index (Phi) is 9.24. The van der Waals surface area contributed by atoms with Crippen molar-refractivity contribution in [2.24, 2.45) is 5.92 Å². The summed E-state index contributed by atoms with van der Waals surface area (Å²) in [6.07, 6.45) is 3.66. The first-order valence-electron chi connectivity index (χ1n) is 6.09. The summed E-state index contributed by atoms with van der Waals surface area (Å²) < 4.78 is 0. The van der Waals surface area contributed by atoms with E-state index < -0.39 is 0 Å². The lowest BCUT2D eigenvalue weighted by atomic mass is 10.1. The maximum absolute atomic E-state index is 11.2. The first-order valence-corrected chi connectivity index (χ1v) is 6.09. The molecule has 0 bridgehead atoms. The van der Waals surface area contributed by atoms with Crippen LogP contribution in [0.15, 0.2) is 0 Å². The van der Waals surface area contributed by atoms with E-state index in [1.54, 1.807) is 19.0 Å². The van der Waals surface area contributed by atoms with Crippen LogP contribution < -0.4 is 5.32 Å². The van der Waals surface area contributed by atoms with E-state index >= 15 is 0 Å². The fourth-order valence-electron chi connectivity index (χ4n) is 1.38. The molecule has 0 fully saturated rings. The predicted octanol–water partition coefficient (Wildman–Crippen LogP) is 0.853. The summed E-state index contributed by atoms with van der Waals surface area (Å²) in [5.74, 6) is 0.591. The van der Waals surface area contributed by atoms with Gasteiger partial charge >= 0.3 is 0 Å². The largest absolute Gasteiger partial charge is 0.396 e. The Morgan fingerprint density at radius 2 is 1.94 bits per heavy atom. The van der Waals surface area contributed by atoms with Gasteiger partial charge in [0.05, 0.1) is 0 Å². The molecule has 4 nitrogen and oxygen atoms in total. The van der Waals surface area contributed by atoms with Crippen molar-refractivity contribution in [2.45, 2.75) is 32.6 Å². The topological polar surface area (TPSA) is 52.6 Å². The second-order valence-corrected chi connectivity index (χ2v) is 4.57. The number of aliphatic hydroxyl groups excluding tert-OH is 1. The summed E-state index contributed by atoms with van der Waals surface area (Å²) in [4.78, 5) is 12.9. The number of amides is 1. The summed E-state index contributed by atoms with van der Waals surface area (Å²) >= 11 is 0. The highest BCUT2D eigenvalue weighted by Crippen LogP contribution is 2.02. The van der Waals surface area contributed by atoms with E-state index in [1.807, 2.05) is 0 Å². The zero-order chi connectivity index (χ0) is 12.4. The molecule has 1 unspecified atom stereocenters. The van der Waals surface area contributed by atoms with Crippen LogP contribution in [0.3, 0.4) is 0 Å². The minimum Gasteiger partial charge on any atom is -0.396 e. The molecular formula is C12H26N2O2. The monoisotopic (exact) mass is 230 g/mol.